The highest BCUT2D eigenvalue weighted by Crippen LogP contribution is 2.19. The Labute approximate surface area is 126 Å². The molecule has 2 rings (SSSR count). The molecule has 0 bridgehead atoms. The van der Waals surface area contributed by atoms with Gasteiger partial charge in [0.25, 0.3) is 0 Å². The highest BCUT2D eigenvalue weighted by Gasteiger charge is 2.21. The number of rotatable bonds is 4. The molecule has 1 saturated heterocycles. The van der Waals surface area contributed by atoms with Gasteiger partial charge in [-0.05, 0) is 63.5 Å². The molecule has 1 aliphatic heterocycles. The lowest BCUT2D eigenvalue weighted by atomic mass is 9.98. The number of aryl methyl sites for hydroxylation is 1. The van der Waals surface area contributed by atoms with E-state index in [1.54, 1.807) is 19.1 Å². The molecule has 1 N–H and O–H groups in total. The number of hydrogen-bond donors (Lipinski definition) is 1. The van der Waals surface area contributed by atoms with Crippen LogP contribution in [-0.2, 0) is 10.0 Å². The summed E-state index contributed by atoms with van der Waals surface area (Å²) < 4.78 is 27.5. The quantitative estimate of drug-likeness (QED) is 0.914. The van der Waals surface area contributed by atoms with Crippen LogP contribution in [0.15, 0.2) is 23.1 Å². The van der Waals surface area contributed by atoms with Crippen LogP contribution in [0.2, 0.25) is 0 Å². The van der Waals surface area contributed by atoms with Gasteiger partial charge in [-0.3, -0.25) is 0 Å². The molecule has 6 heteroatoms. The number of sulfonamides is 1. The third kappa shape index (κ3) is 4.03. The summed E-state index contributed by atoms with van der Waals surface area (Å²) in [5.74, 6) is 0.385. The molecule has 1 aromatic rings. The first-order chi connectivity index (χ1) is 9.92. The molecule has 0 radical (unpaired) electrons. The number of likely N-dealkylation sites (tertiary alicyclic amines) is 1. The predicted octanol–water partition coefficient (Wildman–Crippen LogP) is 1.49. The van der Waals surface area contributed by atoms with Gasteiger partial charge < -0.3 is 4.90 Å². The molecule has 0 aliphatic carbocycles. The zero-order valence-electron chi connectivity index (χ0n) is 12.5. The maximum Gasteiger partial charge on any atom is 0.240 e. The molecule has 0 saturated carbocycles. The monoisotopic (exact) mass is 307 g/mol. The maximum absolute atomic E-state index is 12.4. The molecule has 0 spiro atoms. The van der Waals surface area contributed by atoms with E-state index >= 15 is 0 Å². The van der Waals surface area contributed by atoms with Crippen molar-refractivity contribution >= 4 is 10.0 Å². The van der Waals surface area contributed by atoms with E-state index in [1.165, 1.54) is 6.07 Å². The summed E-state index contributed by atoms with van der Waals surface area (Å²) >= 11 is 0. The van der Waals surface area contributed by atoms with Gasteiger partial charge in [0.2, 0.25) is 10.0 Å². The fourth-order valence-corrected chi connectivity index (χ4v) is 3.92. The van der Waals surface area contributed by atoms with E-state index in [0.29, 0.717) is 23.6 Å². The molecular formula is C15H21N3O2S. The van der Waals surface area contributed by atoms with Gasteiger partial charge in [-0.2, -0.15) is 5.26 Å². The summed E-state index contributed by atoms with van der Waals surface area (Å²) in [6.07, 6.45) is 2.02. The van der Waals surface area contributed by atoms with Gasteiger partial charge in [0.1, 0.15) is 0 Å². The van der Waals surface area contributed by atoms with Gasteiger partial charge in [0, 0.05) is 6.54 Å². The minimum atomic E-state index is -3.55. The second-order valence-corrected chi connectivity index (χ2v) is 7.43. The van der Waals surface area contributed by atoms with E-state index in [2.05, 4.69) is 16.7 Å². The zero-order chi connectivity index (χ0) is 15.5. The van der Waals surface area contributed by atoms with Crippen LogP contribution in [-0.4, -0.2) is 40.0 Å². The van der Waals surface area contributed by atoms with Crippen LogP contribution >= 0.6 is 0 Å². The summed E-state index contributed by atoms with van der Waals surface area (Å²) in [6, 6.07) is 6.72. The fourth-order valence-electron chi connectivity index (χ4n) is 2.53. The number of hydrogen-bond acceptors (Lipinski definition) is 4. The van der Waals surface area contributed by atoms with E-state index in [1.807, 2.05) is 6.07 Å². The minimum Gasteiger partial charge on any atom is -0.306 e. The van der Waals surface area contributed by atoms with Crippen LogP contribution in [0.4, 0.5) is 0 Å². The van der Waals surface area contributed by atoms with Gasteiger partial charge in [-0.1, -0.05) is 6.07 Å². The van der Waals surface area contributed by atoms with Gasteiger partial charge in [-0.25, -0.2) is 13.1 Å². The standard InChI is InChI=1S/C15H21N3O2S/c1-12-3-4-14(10-16)9-15(12)21(19,20)17-11-13-5-7-18(2)8-6-13/h3-4,9,13,17H,5-8,11H2,1-2H3. The van der Waals surface area contributed by atoms with Crippen molar-refractivity contribution in [3.8, 4) is 6.07 Å². The molecular weight excluding hydrogens is 286 g/mol. The molecule has 1 heterocycles. The van der Waals surface area contributed by atoms with Crippen LogP contribution in [0, 0.1) is 24.2 Å². The summed E-state index contributed by atoms with van der Waals surface area (Å²) in [4.78, 5) is 2.46. The van der Waals surface area contributed by atoms with Gasteiger partial charge in [0.05, 0.1) is 16.5 Å². The molecule has 1 fully saturated rings. The van der Waals surface area contributed by atoms with Crippen LogP contribution in [0.3, 0.4) is 0 Å². The number of nitrogens with zero attached hydrogens (tertiary/aromatic N) is 2. The van der Waals surface area contributed by atoms with Gasteiger partial charge in [-0.15, -0.1) is 0 Å². The normalized spacial score (nSPS) is 17.6. The number of nitrogens with one attached hydrogen (secondary N) is 1. The topological polar surface area (TPSA) is 73.2 Å². The Morgan fingerprint density at radius 3 is 2.67 bits per heavy atom. The summed E-state index contributed by atoms with van der Waals surface area (Å²) in [5, 5.41) is 8.91. The number of benzene rings is 1. The van der Waals surface area contributed by atoms with Gasteiger partial charge >= 0.3 is 0 Å². The van der Waals surface area contributed by atoms with E-state index in [-0.39, 0.29) is 4.90 Å². The second-order valence-electron chi connectivity index (χ2n) is 5.69. The highest BCUT2D eigenvalue weighted by molar-refractivity contribution is 7.89. The number of nitriles is 1. The lowest BCUT2D eigenvalue weighted by Crippen LogP contribution is -2.37. The molecule has 0 unspecified atom stereocenters. The fraction of sp³-hybridized carbons (Fsp3) is 0.533. The van der Waals surface area contributed by atoms with Crippen LogP contribution in [0.25, 0.3) is 0 Å². The first kappa shape index (κ1) is 16.0. The van der Waals surface area contributed by atoms with E-state index in [0.717, 1.165) is 25.9 Å². The molecule has 0 aromatic heterocycles. The Balaban J connectivity index is 2.07. The van der Waals surface area contributed by atoms with Crippen molar-refractivity contribution < 1.29 is 8.42 Å². The van der Waals surface area contributed by atoms with Crippen molar-refractivity contribution in [3.05, 3.63) is 29.3 Å². The molecule has 21 heavy (non-hydrogen) atoms. The van der Waals surface area contributed by atoms with Crippen molar-refractivity contribution in [2.24, 2.45) is 5.92 Å². The molecule has 114 valence electrons. The zero-order valence-corrected chi connectivity index (χ0v) is 13.3. The van der Waals surface area contributed by atoms with Crippen molar-refractivity contribution in [1.29, 1.82) is 5.26 Å². The first-order valence-corrected chi connectivity index (χ1v) is 8.59. The largest absolute Gasteiger partial charge is 0.306 e. The summed E-state index contributed by atoms with van der Waals surface area (Å²) in [7, 11) is -1.47. The summed E-state index contributed by atoms with van der Waals surface area (Å²) in [5.41, 5.74) is 1.02. The SMILES string of the molecule is Cc1ccc(C#N)cc1S(=O)(=O)NCC1CCN(C)CC1. The maximum atomic E-state index is 12.4. The smallest absolute Gasteiger partial charge is 0.240 e. The lowest BCUT2D eigenvalue weighted by Gasteiger charge is -2.28. The molecule has 1 aromatic carbocycles. The van der Waals surface area contributed by atoms with Crippen molar-refractivity contribution in [1.82, 2.24) is 9.62 Å². The Kier molecular flexibility index (Phi) is 4.99. The lowest BCUT2D eigenvalue weighted by molar-refractivity contribution is 0.220. The molecule has 5 nitrogen and oxygen atoms in total. The summed E-state index contributed by atoms with van der Waals surface area (Å²) in [6.45, 7) is 4.22. The first-order valence-electron chi connectivity index (χ1n) is 7.11. The predicted molar refractivity (Wildman–Crippen MR) is 81.3 cm³/mol. The highest BCUT2D eigenvalue weighted by atomic mass is 32.2. The average molecular weight is 307 g/mol. The number of piperidine rings is 1. The van der Waals surface area contributed by atoms with Crippen LogP contribution < -0.4 is 4.72 Å². The van der Waals surface area contributed by atoms with E-state index < -0.39 is 10.0 Å². The second kappa shape index (κ2) is 6.56. The third-order valence-corrected chi connectivity index (χ3v) is 5.57. The third-order valence-electron chi connectivity index (χ3n) is 4.01. The van der Waals surface area contributed by atoms with E-state index in [4.69, 9.17) is 5.26 Å². The Bertz CT molecular complexity index is 641. The van der Waals surface area contributed by atoms with Crippen molar-refractivity contribution in [3.63, 3.8) is 0 Å². The van der Waals surface area contributed by atoms with Crippen LogP contribution in [0.1, 0.15) is 24.0 Å². The Hall–Kier alpha value is -1.42. The van der Waals surface area contributed by atoms with Crippen LogP contribution in [0.5, 0.6) is 0 Å². The van der Waals surface area contributed by atoms with Gasteiger partial charge in [0.15, 0.2) is 0 Å². The minimum absolute atomic E-state index is 0.203. The average Bonchev–Trinajstić information content (AvgIpc) is 2.47. The molecule has 1 aliphatic rings. The Morgan fingerprint density at radius 1 is 1.38 bits per heavy atom. The molecule has 0 amide bonds. The van der Waals surface area contributed by atoms with Crippen molar-refractivity contribution in [2.75, 3.05) is 26.7 Å². The van der Waals surface area contributed by atoms with Crippen molar-refractivity contribution in [2.45, 2.75) is 24.7 Å². The molecule has 0 atom stereocenters. The Morgan fingerprint density at radius 2 is 2.05 bits per heavy atom. The van der Waals surface area contributed by atoms with E-state index in [9.17, 15) is 8.42 Å².